The minimum atomic E-state index is -0.955. The van der Waals surface area contributed by atoms with Gasteiger partial charge in [-0.25, -0.2) is 0 Å². The van der Waals surface area contributed by atoms with Crippen LogP contribution in [0.3, 0.4) is 0 Å². The van der Waals surface area contributed by atoms with Crippen molar-refractivity contribution < 1.29 is 19.7 Å². The van der Waals surface area contributed by atoms with Gasteiger partial charge in [0.25, 0.3) is 0 Å². The monoisotopic (exact) mass is 470 g/mol. The minimum Gasteiger partial charge on any atom is -0.463 e. The summed E-state index contributed by atoms with van der Waals surface area (Å²) in [5, 5.41) is 17.8. The molecule has 0 amide bonds. The number of aliphatic hydroxyl groups excluding tert-OH is 2. The molecule has 198 valence electrons. The summed E-state index contributed by atoms with van der Waals surface area (Å²) in [7, 11) is 0. The number of rotatable bonds is 23. The van der Waals surface area contributed by atoms with E-state index in [9.17, 15) is 4.79 Å². The van der Waals surface area contributed by atoms with Crippen LogP contribution in [0.1, 0.15) is 135 Å². The SMILES string of the molecule is C=C.C=C.CCCCCCCCCCCCCCCCCCCCCC(=O)OCC(O)CO. The molecule has 0 saturated heterocycles. The highest BCUT2D eigenvalue weighted by Gasteiger charge is 2.07. The Bertz CT molecular complexity index is 358. The summed E-state index contributed by atoms with van der Waals surface area (Å²) in [6.45, 7) is 13.8. The summed E-state index contributed by atoms with van der Waals surface area (Å²) in [5.41, 5.74) is 0. The van der Waals surface area contributed by atoms with Gasteiger partial charge in [-0.15, -0.1) is 26.3 Å². The molecule has 1 atom stereocenters. The Labute approximate surface area is 206 Å². The maximum atomic E-state index is 11.4. The number of ether oxygens (including phenoxy) is 1. The van der Waals surface area contributed by atoms with E-state index in [0.717, 1.165) is 12.8 Å². The number of hydrogen-bond donors (Lipinski definition) is 2. The van der Waals surface area contributed by atoms with Gasteiger partial charge in [0.1, 0.15) is 12.7 Å². The third kappa shape index (κ3) is 35.6. The summed E-state index contributed by atoms with van der Waals surface area (Å²) in [6, 6.07) is 0. The minimum absolute atomic E-state index is 0.103. The number of carbonyl (C=O) groups is 1. The highest BCUT2D eigenvalue weighted by Crippen LogP contribution is 2.14. The molecule has 0 bridgehead atoms. The van der Waals surface area contributed by atoms with Crippen molar-refractivity contribution in [3.05, 3.63) is 26.3 Å². The van der Waals surface area contributed by atoms with Crippen LogP contribution in [0.4, 0.5) is 0 Å². The molecule has 1 unspecified atom stereocenters. The van der Waals surface area contributed by atoms with Crippen LogP contribution in [0.15, 0.2) is 26.3 Å². The van der Waals surface area contributed by atoms with Gasteiger partial charge in [-0.05, 0) is 6.42 Å². The summed E-state index contributed by atoms with van der Waals surface area (Å²) >= 11 is 0. The first-order chi connectivity index (χ1) is 16.2. The van der Waals surface area contributed by atoms with E-state index in [1.54, 1.807) is 0 Å². The molecular formula is C29H58O4. The fourth-order valence-electron chi connectivity index (χ4n) is 3.66. The molecule has 0 aliphatic rings. The molecule has 0 radical (unpaired) electrons. The standard InChI is InChI=1S/C25H50O4.2C2H4/c1-2-3-4-5-6-7-8-9-10-11-12-13-14-15-16-17-18-19-20-21-25(28)29-23-24(27)22-26;2*1-2/h24,26-27H,2-23H2,1H3;2*1-2H2. The van der Waals surface area contributed by atoms with Crippen LogP contribution in [0.5, 0.6) is 0 Å². The second-order valence-corrected chi connectivity index (χ2v) is 8.63. The van der Waals surface area contributed by atoms with Crippen LogP contribution in [-0.4, -0.2) is 35.5 Å². The Kier molecular flexibility index (Phi) is 39.2. The maximum Gasteiger partial charge on any atom is 0.305 e. The third-order valence-corrected chi connectivity index (χ3v) is 5.63. The smallest absolute Gasteiger partial charge is 0.305 e. The molecule has 0 saturated carbocycles. The first-order valence-electron chi connectivity index (χ1n) is 13.6. The molecule has 0 heterocycles. The largest absolute Gasteiger partial charge is 0.463 e. The number of aliphatic hydroxyl groups is 2. The molecule has 0 rings (SSSR count). The molecule has 2 N–H and O–H groups in total. The van der Waals surface area contributed by atoms with Crippen molar-refractivity contribution in [3.8, 4) is 0 Å². The Morgan fingerprint density at radius 3 is 1.24 bits per heavy atom. The van der Waals surface area contributed by atoms with Gasteiger partial charge in [-0.3, -0.25) is 4.79 Å². The normalized spacial score (nSPS) is 11.0. The van der Waals surface area contributed by atoms with Gasteiger partial charge < -0.3 is 14.9 Å². The maximum absolute atomic E-state index is 11.4. The predicted octanol–water partition coefficient (Wildman–Crippen LogP) is 8.31. The second-order valence-electron chi connectivity index (χ2n) is 8.63. The lowest BCUT2D eigenvalue weighted by molar-refractivity contribution is -0.147. The first-order valence-corrected chi connectivity index (χ1v) is 13.6. The van der Waals surface area contributed by atoms with E-state index >= 15 is 0 Å². The molecule has 0 aromatic carbocycles. The van der Waals surface area contributed by atoms with Crippen molar-refractivity contribution in [2.75, 3.05) is 13.2 Å². The fraction of sp³-hybridized carbons (Fsp3) is 0.828. The van der Waals surface area contributed by atoms with E-state index in [4.69, 9.17) is 14.9 Å². The Hall–Kier alpha value is -1.13. The topological polar surface area (TPSA) is 66.8 Å². The van der Waals surface area contributed by atoms with E-state index in [2.05, 4.69) is 33.2 Å². The average molecular weight is 471 g/mol. The van der Waals surface area contributed by atoms with Gasteiger partial charge in [-0.2, -0.15) is 0 Å². The van der Waals surface area contributed by atoms with Crippen LogP contribution in [0, 0.1) is 0 Å². The molecule has 4 nitrogen and oxygen atoms in total. The summed E-state index contributed by atoms with van der Waals surface area (Å²) in [4.78, 5) is 11.4. The first kappa shape index (κ1) is 36.4. The fourth-order valence-corrected chi connectivity index (χ4v) is 3.66. The van der Waals surface area contributed by atoms with E-state index in [0.29, 0.717) is 6.42 Å². The summed E-state index contributed by atoms with van der Waals surface area (Å²) in [5.74, 6) is -0.274. The lowest BCUT2D eigenvalue weighted by atomic mass is 10.0. The van der Waals surface area contributed by atoms with Crippen molar-refractivity contribution >= 4 is 5.97 Å². The second kappa shape index (κ2) is 35.5. The van der Waals surface area contributed by atoms with Crippen molar-refractivity contribution in [3.63, 3.8) is 0 Å². The Morgan fingerprint density at radius 2 is 0.939 bits per heavy atom. The average Bonchev–Trinajstić information content (AvgIpc) is 2.86. The molecule has 4 heteroatoms. The van der Waals surface area contributed by atoms with Gasteiger partial charge in [0, 0.05) is 6.42 Å². The zero-order chi connectivity index (χ0) is 25.4. The number of unbranched alkanes of at least 4 members (excludes halogenated alkanes) is 18. The lowest BCUT2D eigenvalue weighted by Crippen LogP contribution is -2.21. The number of esters is 1. The quantitative estimate of drug-likeness (QED) is 0.0895. The molecule has 33 heavy (non-hydrogen) atoms. The molecule has 0 aliphatic heterocycles. The summed E-state index contributed by atoms with van der Waals surface area (Å²) < 4.78 is 4.88. The van der Waals surface area contributed by atoms with Gasteiger partial charge in [0.05, 0.1) is 6.61 Å². The van der Waals surface area contributed by atoms with Gasteiger partial charge in [-0.1, -0.05) is 122 Å². The van der Waals surface area contributed by atoms with Crippen LogP contribution < -0.4 is 0 Å². The highest BCUT2D eigenvalue weighted by atomic mass is 16.5. The predicted molar refractivity (Wildman–Crippen MR) is 145 cm³/mol. The Balaban J connectivity index is -0.00000212. The van der Waals surface area contributed by atoms with Gasteiger partial charge in [0.2, 0.25) is 0 Å². The lowest BCUT2D eigenvalue weighted by Gasteiger charge is -2.08. The van der Waals surface area contributed by atoms with Crippen LogP contribution in [0.2, 0.25) is 0 Å². The van der Waals surface area contributed by atoms with Gasteiger partial charge >= 0.3 is 5.97 Å². The zero-order valence-electron chi connectivity index (χ0n) is 22.2. The Morgan fingerprint density at radius 1 is 0.636 bits per heavy atom. The van der Waals surface area contributed by atoms with Crippen LogP contribution in [-0.2, 0) is 9.53 Å². The molecule has 0 aromatic heterocycles. The highest BCUT2D eigenvalue weighted by molar-refractivity contribution is 5.69. The molecular weight excluding hydrogens is 412 g/mol. The van der Waals surface area contributed by atoms with Crippen molar-refractivity contribution in [1.82, 2.24) is 0 Å². The molecule has 0 aromatic rings. The van der Waals surface area contributed by atoms with E-state index in [1.165, 1.54) is 109 Å². The van der Waals surface area contributed by atoms with Crippen LogP contribution >= 0.6 is 0 Å². The number of hydrogen-bond acceptors (Lipinski definition) is 4. The molecule has 0 fully saturated rings. The molecule has 0 spiro atoms. The van der Waals surface area contributed by atoms with Crippen LogP contribution in [0.25, 0.3) is 0 Å². The van der Waals surface area contributed by atoms with E-state index < -0.39 is 6.10 Å². The number of carbonyl (C=O) groups excluding carboxylic acids is 1. The van der Waals surface area contributed by atoms with E-state index in [-0.39, 0.29) is 19.2 Å². The van der Waals surface area contributed by atoms with Gasteiger partial charge in [0.15, 0.2) is 0 Å². The van der Waals surface area contributed by atoms with E-state index in [1.807, 2.05) is 0 Å². The zero-order valence-corrected chi connectivity index (χ0v) is 22.2. The summed E-state index contributed by atoms with van der Waals surface area (Å²) in [6.07, 6.45) is 24.9. The van der Waals surface area contributed by atoms with Crippen molar-refractivity contribution in [2.24, 2.45) is 0 Å². The molecule has 0 aliphatic carbocycles. The van der Waals surface area contributed by atoms with Crippen molar-refractivity contribution in [1.29, 1.82) is 0 Å². The van der Waals surface area contributed by atoms with Crippen molar-refractivity contribution in [2.45, 2.75) is 141 Å². The third-order valence-electron chi connectivity index (χ3n) is 5.63.